The summed E-state index contributed by atoms with van der Waals surface area (Å²) < 4.78 is 16.1. The molecular weight excluding hydrogens is 657 g/mol. The van der Waals surface area contributed by atoms with Crippen LogP contribution in [-0.4, -0.2) is 4.98 Å². The minimum absolute atomic E-state index is 0.569. The Morgan fingerprint density at radius 1 is 0.462 bits per heavy atom. The third kappa shape index (κ3) is 4.50. The van der Waals surface area contributed by atoms with Crippen LogP contribution >= 0.6 is 11.3 Å². The Labute approximate surface area is 302 Å². The van der Waals surface area contributed by atoms with Crippen LogP contribution in [0.3, 0.4) is 0 Å². The van der Waals surface area contributed by atoms with Gasteiger partial charge in [-0.1, -0.05) is 109 Å². The van der Waals surface area contributed by atoms with Crippen molar-refractivity contribution in [1.82, 2.24) is 4.98 Å². The highest BCUT2D eigenvalue weighted by Gasteiger charge is 2.27. The van der Waals surface area contributed by atoms with Gasteiger partial charge in [-0.2, -0.15) is 0 Å². The van der Waals surface area contributed by atoms with E-state index >= 15 is 0 Å². The van der Waals surface area contributed by atoms with E-state index in [1.807, 2.05) is 53.8 Å². The summed E-state index contributed by atoms with van der Waals surface area (Å²) in [6, 6.07) is 59.6. The van der Waals surface area contributed by atoms with E-state index in [2.05, 4.69) is 132 Å². The molecule has 5 heteroatoms. The number of anilines is 3. The summed E-state index contributed by atoms with van der Waals surface area (Å²) in [6.45, 7) is 0. The average molecular weight is 685 g/mol. The first-order valence-corrected chi connectivity index (χ1v) is 18.2. The molecule has 0 saturated heterocycles. The minimum atomic E-state index is 0.569. The molecule has 11 rings (SSSR count). The van der Waals surface area contributed by atoms with Crippen LogP contribution in [0.5, 0.6) is 0 Å². The Kier molecular flexibility index (Phi) is 6.39. The van der Waals surface area contributed by atoms with Crippen molar-refractivity contribution in [3.8, 4) is 22.6 Å². The number of rotatable bonds is 5. The fourth-order valence-corrected chi connectivity index (χ4v) is 8.75. The van der Waals surface area contributed by atoms with Gasteiger partial charge in [0.05, 0.1) is 0 Å². The molecule has 0 fully saturated rings. The molecule has 0 aliphatic heterocycles. The van der Waals surface area contributed by atoms with Gasteiger partial charge in [-0.25, -0.2) is 4.98 Å². The van der Waals surface area contributed by atoms with Gasteiger partial charge in [-0.3, -0.25) is 0 Å². The summed E-state index contributed by atoms with van der Waals surface area (Å²) in [7, 11) is 0. The monoisotopic (exact) mass is 684 g/mol. The lowest BCUT2D eigenvalue weighted by atomic mass is 9.98. The average Bonchev–Trinajstić information content (AvgIpc) is 3.92. The van der Waals surface area contributed by atoms with Gasteiger partial charge in [0.15, 0.2) is 11.2 Å². The summed E-state index contributed by atoms with van der Waals surface area (Å²) >= 11 is 1.82. The van der Waals surface area contributed by atoms with Gasteiger partial charge in [-0.15, -0.1) is 11.3 Å². The second-order valence-electron chi connectivity index (χ2n) is 13.1. The fourth-order valence-electron chi connectivity index (χ4n) is 7.66. The molecule has 0 N–H and O–H groups in total. The van der Waals surface area contributed by atoms with Crippen LogP contribution in [0, 0.1) is 0 Å². The lowest BCUT2D eigenvalue weighted by Gasteiger charge is -2.26. The lowest BCUT2D eigenvalue weighted by Crippen LogP contribution is -2.10. The van der Waals surface area contributed by atoms with E-state index in [0.717, 1.165) is 55.6 Å². The zero-order valence-electron chi connectivity index (χ0n) is 27.8. The highest BCUT2D eigenvalue weighted by molar-refractivity contribution is 7.25. The Bertz CT molecular complexity index is 3130. The van der Waals surface area contributed by atoms with Crippen LogP contribution in [0.4, 0.5) is 17.1 Å². The maximum atomic E-state index is 6.79. The zero-order chi connectivity index (χ0) is 34.2. The van der Waals surface area contributed by atoms with Gasteiger partial charge >= 0.3 is 0 Å². The second kappa shape index (κ2) is 11.4. The largest absolute Gasteiger partial charge is 0.454 e. The molecule has 0 spiro atoms. The Morgan fingerprint density at radius 2 is 1.17 bits per heavy atom. The summed E-state index contributed by atoms with van der Waals surface area (Å²) in [5.74, 6) is 0.569. The Hall–Kier alpha value is -6.69. The van der Waals surface area contributed by atoms with Crippen LogP contribution in [-0.2, 0) is 0 Å². The zero-order valence-corrected chi connectivity index (χ0v) is 28.6. The Balaban J connectivity index is 1.20. The Morgan fingerprint density at radius 3 is 2.06 bits per heavy atom. The quantitative estimate of drug-likeness (QED) is 0.181. The van der Waals surface area contributed by atoms with Crippen molar-refractivity contribution < 1.29 is 8.83 Å². The third-order valence-electron chi connectivity index (χ3n) is 10.1. The molecule has 8 aromatic carbocycles. The van der Waals surface area contributed by atoms with Gasteiger partial charge in [0, 0.05) is 47.9 Å². The van der Waals surface area contributed by atoms with Crippen molar-refractivity contribution in [2.24, 2.45) is 0 Å². The van der Waals surface area contributed by atoms with E-state index in [1.54, 1.807) is 0 Å². The molecule has 4 nitrogen and oxygen atoms in total. The van der Waals surface area contributed by atoms with Crippen LogP contribution < -0.4 is 4.90 Å². The predicted octanol–water partition coefficient (Wildman–Crippen LogP) is 14.1. The summed E-state index contributed by atoms with van der Waals surface area (Å²) in [6.07, 6.45) is 0. The molecule has 0 bridgehead atoms. The van der Waals surface area contributed by atoms with E-state index in [4.69, 9.17) is 13.8 Å². The molecule has 0 unspecified atom stereocenters. The highest BCUT2D eigenvalue weighted by Crippen LogP contribution is 2.49. The van der Waals surface area contributed by atoms with E-state index < -0.39 is 0 Å². The van der Waals surface area contributed by atoms with Crippen molar-refractivity contribution in [3.63, 3.8) is 0 Å². The number of benzene rings is 8. The maximum Gasteiger partial charge on any atom is 0.227 e. The number of furan rings is 1. The highest BCUT2D eigenvalue weighted by atomic mass is 32.1. The molecule has 11 aromatic rings. The fraction of sp³-hybridized carbons (Fsp3) is 0. The van der Waals surface area contributed by atoms with Crippen LogP contribution in [0.2, 0.25) is 0 Å². The molecule has 244 valence electrons. The number of aromatic nitrogens is 1. The molecular formula is C47H28N2O2S. The van der Waals surface area contributed by atoms with Crippen LogP contribution in [0.25, 0.3) is 86.6 Å². The third-order valence-corrected chi connectivity index (χ3v) is 11.2. The normalized spacial score (nSPS) is 11.8. The predicted molar refractivity (Wildman–Crippen MR) is 217 cm³/mol. The molecule has 0 aliphatic carbocycles. The van der Waals surface area contributed by atoms with Crippen molar-refractivity contribution in [2.75, 3.05) is 4.90 Å². The van der Waals surface area contributed by atoms with E-state index in [-0.39, 0.29) is 0 Å². The maximum absolute atomic E-state index is 6.79. The molecule has 0 amide bonds. The number of nitrogens with zero attached hydrogens (tertiary/aromatic N) is 2. The minimum Gasteiger partial charge on any atom is -0.454 e. The number of hydrogen-bond acceptors (Lipinski definition) is 5. The number of fused-ring (bicyclic) bond motifs is 8. The summed E-state index contributed by atoms with van der Waals surface area (Å²) in [5, 5.41) is 6.94. The van der Waals surface area contributed by atoms with Crippen LogP contribution in [0.1, 0.15) is 0 Å². The van der Waals surface area contributed by atoms with Crippen molar-refractivity contribution in [2.45, 2.75) is 0 Å². The summed E-state index contributed by atoms with van der Waals surface area (Å²) in [4.78, 5) is 7.37. The van der Waals surface area contributed by atoms with Gasteiger partial charge in [0.2, 0.25) is 5.89 Å². The number of thiophene rings is 1. The number of hydrogen-bond donors (Lipinski definition) is 0. The molecule has 52 heavy (non-hydrogen) atoms. The van der Waals surface area contributed by atoms with Crippen molar-refractivity contribution in [1.29, 1.82) is 0 Å². The number of oxazole rings is 1. The molecule has 0 radical (unpaired) electrons. The standard InChI is InChI=1S/C47H28N2O2S/c1-2-12-31(13-3-1)47-48-40-28-39-36-16-6-8-19-41(36)50-45(39)44(46(40)51-47)49(33-25-26-43-38(27-33)37-17-7-9-20-42(37)52-43)32-23-21-30(22-24-32)35-18-10-14-29-11-4-5-15-34(29)35/h1-28H. The van der Waals surface area contributed by atoms with Gasteiger partial charge in [0.25, 0.3) is 0 Å². The van der Waals surface area contributed by atoms with Gasteiger partial charge in [0.1, 0.15) is 16.8 Å². The molecule has 3 heterocycles. The first-order chi connectivity index (χ1) is 25.8. The molecule has 0 saturated carbocycles. The van der Waals surface area contributed by atoms with Crippen LogP contribution in [0.15, 0.2) is 179 Å². The lowest BCUT2D eigenvalue weighted by molar-refractivity contribution is 0.618. The van der Waals surface area contributed by atoms with E-state index in [1.165, 1.54) is 36.5 Å². The summed E-state index contributed by atoms with van der Waals surface area (Å²) in [5.41, 5.74) is 9.07. The van der Waals surface area contributed by atoms with E-state index in [0.29, 0.717) is 11.5 Å². The first-order valence-electron chi connectivity index (χ1n) is 17.4. The topological polar surface area (TPSA) is 42.4 Å². The molecule has 0 aliphatic rings. The number of para-hydroxylation sites is 1. The molecule has 3 aromatic heterocycles. The SMILES string of the molecule is c1ccc(-c2nc3cc4c(oc5ccccc54)c(N(c4ccc(-c5cccc6ccccc56)cc4)c4ccc5sc6ccccc6c5c4)c3o2)cc1. The van der Waals surface area contributed by atoms with Gasteiger partial charge in [-0.05, 0) is 82.6 Å². The van der Waals surface area contributed by atoms with Gasteiger partial charge < -0.3 is 13.7 Å². The van der Waals surface area contributed by atoms with Crippen molar-refractivity contribution >= 4 is 92.4 Å². The van der Waals surface area contributed by atoms with E-state index in [9.17, 15) is 0 Å². The second-order valence-corrected chi connectivity index (χ2v) is 14.2. The molecule has 0 atom stereocenters. The first kappa shape index (κ1) is 29.1. The smallest absolute Gasteiger partial charge is 0.227 e. The van der Waals surface area contributed by atoms with Crippen molar-refractivity contribution in [3.05, 3.63) is 170 Å².